The van der Waals surface area contributed by atoms with Gasteiger partial charge in [-0.3, -0.25) is 9.69 Å². The summed E-state index contributed by atoms with van der Waals surface area (Å²) in [5, 5.41) is 8.82. The fourth-order valence-electron chi connectivity index (χ4n) is 2.83. The molecule has 0 bridgehead atoms. The zero-order valence-electron chi connectivity index (χ0n) is 12.9. The number of hydrogen-bond acceptors (Lipinski definition) is 6. The van der Waals surface area contributed by atoms with Gasteiger partial charge in [-0.1, -0.05) is 18.3 Å². The Kier molecular flexibility index (Phi) is 5.91. The van der Waals surface area contributed by atoms with Crippen molar-refractivity contribution >= 4 is 28.7 Å². The Labute approximate surface area is 140 Å². The van der Waals surface area contributed by atoms with E-state index in [-0.39, 0.29) is 18.0 Å². The Bertz CT molecular complexity index is 679. The second-order valence-electron chi connectivity index (χ2n) is 5.54. The smallest absolute Gasteiger partial charge is 0.275 e. The van der Waals surface area contributed by atoms with Gasteiger partial charge in [0, 0.05) is 24.3 Å². The molecule has 8 heteroatoms. The van der Waals surface area contributed by atoms with Gasteiger partial charge in [0.2, 0.25) is 4.96 Å². The van der Waals surface area contributed by atoms with Crippen LogP contribution in [0.4, 0.5) is 0 Å². The maximum absolute atomic E-state index is 11.9. The third kappa shape index (κ3) is 3.65. The molecule has 1 aliphatic rings. The van der Waals surface area contributed by atoms with Crippen molar-refractivity contribution in [2.75, 3.05) is 19.6 Å². The lowest BCUT2D eigenvalue weighted by Crippen LogP contribution is -2.36. The molecule has 122 valence electrons. The van der Waals surface area contributed by atoms with Gasteiger partial charge in [-0.2, -0.15) is 9.61 Å². The molecule has 2 aromatic heterocycles. The SMILES string of the molecule is CCCN(Cc1nn2c(=O)cc(C)nc2s1)C1CCNC1.Cl. The van der Waals surface area contributed by atoms with Crippen LogP contribution in [0.15, 0.2) is 10.9 Å². The van der Waals surface area contributed by atoms with E-state index in [9.17, 15) is 4.79 Å². The zero-order chi connectivity index (χ0) is 14.8. The highest BCUT2D eigenvalue weighted by molar-refractivity contribution is 7.16. The van der Waals surface area contributed by atoms with Crippen LogP contribution in [0.5, 0.6) is 0 Å². The Morgan fingerprint density at radius 2 is 2.36 bits per heavy atom. The number of aryl methyl sites for hydroxylation is 1. The van der Waals surface area contributed by atoms with Crippen molar-refractivity contribution in [3.8, 4) is 0 Å². The maximum atomic E-state index is 11.9. The normalized spacial score (nSPS) is 18.0. The van der Waals surface area contributed by atoms with E-state index in [1.54, 1.807) is 0 Å². The molecule has 2 aromatic rings. The summed E-state index contributed by atoms with van der Waals surface area (Å²) in [6.45, 7) is 8.03. The number of halogens is 1. The van der Waals surface area contributed by atoms with Crippen LogP contribution in [0, 0.1) is 6.92 Å². The minimum absolute atomic E-state index is 0. The molecule has 22 heavy (non-hydrogen) atoms. The number of aromatic nitrogens is 3. The van der Waals surface area contributed by atoms with Gasteiger partial charge in [0.05, 0.1) is 6.54 Å². The maximum Gasteiger partial charge on any atom is 0.275 e. The summed E-state index contributed by atoms with van der Waals surface area (Å²) in [5.41, 5.74) is 0.658. The molecule has 0 aliphatic carbocycles. The largest absolute Gasteiger partial charge is 0.315 e. The monoisotopic (exact) mass is 343 g/mol. The first kappa shape index (κ1) is 17.3. The third-order valence-corrected chi connectivity index (χ3v) is 4.71. The molecule has 3 heterocycles. The standard InChI is InChI=1S/C14H21N5OS.ClH/c1-3-6-18(11-4-5-15-8-11)9-12-17-19-13(20)7-10(2)16-14(19)21-12;/h7,11,15H,3-6,8-9H2,1-2H3;1H. The molecule has 1 unspecified atom stereocenters. The number of nitrogens with zero attached hydrogens (tertiary/aromatic N) is 4. The molecule has 1 N–H and O–H groups in total. The van der Waals surface area contributed by atoms with E-state index in [1.807, 2.05) is 6.92 Å². The van der Waals surface area contributed by atoms with Crippen LogP contribution in [0.2, 0.25) is 0 Å². The van der Waals surface area contributed by atoms with E-state index in [0.29, 0.717) is 11.0 Å². The zero-order valence-corrected chi connectivity index (χ0v) is 14.5. The van der Waals surface area contributed by atoms with Crippen molar-refractivity contribution in [3.63, 3.8) is 0 Å². The van der Waals surface area contributed by atoms with E-state index in [1.165, 1.54) is 28.3 Å². The minimum Gasteiger partial charge on any atom is -0.315 e. The van der Waals surface area contributed by atoms with Crippen molar-refractivity contribution < 1.29 is 0 Å². The molecule has 0 amide bonds. The van der Waals surface area contributed by atoms with Gasteiger partial charge >= 0.3 is 0 Å². The minimum atomic E-state index is -0.0930. The van der Waals surface area contributed by atoms with E-state index in [0.717, 1.165) is 43.3 Å². The summed E-state index contributed by atoms with van der Waals surface area (Å²) in [5.74, 6) is 0. The quantitative estimate of drug-likeness (QED) is 0.890. The van der Waals surface area contributed by atoms with Crippen molar-refractivity contribution in [3.05, 3.63) is 27.1 Å². The fourth-order valence-corrected chi connectivity index (χ4v) is 3.80. The summed E-state index contributed by atoms with van der Waals surface area (Å²) in [6.07, 6.45) is 2.31. The van der Waals surface area contributed by atoms with Crippen molar-refractivity contribution in [2.24, 2.45) is 0 Å². The van der Waals surface area contributed by atoms with Gasteiger partial charge in [-0.25, -0.2) is 4.98 Å². The lowest BCUT2D eigenvalue weighted by Gasteiger charge is -2.26. The summed E-state index contributed by atoms with van der Waals surface area (Å²) in [7, 11) is 0. The van der Waals surface area contributed by atoms with Gasteiger partial charge < -0.3 is 5.32 Å². The topological polar surface area (TPSA) is 62.5 Å². The molecule has 3 rings (SSSR count). The van der Waals surface area contributed by atoms with Crippen LogP contribution in [-0.4, -0.2) is 45.2 Å². The Morgan fingerprint density at radius 3 is 3.05 bits per heavy atom. The van der Waals surface area contributed by atoms with Crippen LogP contribution in [0.1, 0.15) is 30.5 Å². The average Bonchev–Trinajstić information content (AvgIpc) is 3.06. The molecule has 1 fully saturated rings. The summed E-state index contributed by atoms with van der Waals surface area (Å²) in [6, 6.07) is 2.10. The van der Waals surface area contributed by atoms with E-state index >= 15 is 0 Å². The van der Waals surface area contributed by atoms with Crippen LogP contribution >= 0.6 is 23.7 Å². The van der Waals surface area contributed by atoms with E-state index in [4.69, 9.17) is 0 Å². The number of fused-ring (bicyclic) bond motifs is 1. The van der Waals surface area contributed by atoms with Crippen LogP contribution in [0.25, 0.3) is 4.96 Å². The van der Waals surface area contributed by atoms with Gasteiger partial charge in [-0.05, 0) is 32.9 Å². The number of rotatable bonds is 5. The second kappa shape index (κ2) is 7.50. The summed E-state index contributed by atoms with van der Waals surface area (Å²) >= 11 is 1.52. The van der Waals surface area contributed by atoms with Crippen LogP contribution < -0.4 is 10.9 Å². The first-order valence-electron chi connectivity index (χ1n) is 7.48. The predicted octanol–water partition coefficient (Wildman–Crippen LogP) is 1.46. The van der Waals surface area contributed by atoms with Gasteiger partial charge in [0.25, 0.3) is 5.56 Å². The van der Waals surface area contributed by atoms with Crippen molar-refractivity contribution in [1.82, 2.24) is 24.8 Å². The molecular weight excluding hydrogens is 322 g/mol. The van der Waals surface area contributed by atoms with Gasteiger partial charge in [0.15, 0.2) is 0 Å². The molecule has 1 atom stereocenters. The Hall–Kier alpha value is -1.02. The highest BCUT2D eigenvalue weighted by atomic mass is 35.5. The molecule has 6 nitrogen and oxygen atoms in total. The number of nitrogens with one attached hydrogen (secondary N) is 1. The van der Waals surface area contributed by atoms with Crippen LogP contribution in [-0.2, 0) is 6.54 Å². The summed E-state index contributed by atoms with van der Waals surface area (Å²) in [4.78, 5) is 19.5. The first-order chi connectivity index (χ1) is 10.2. The molecule has 0 saturated carbocycles. The molecule has 0 radical (unpaired) electrons. The molecule has 0 spiro atoms. The van der Waals surface area contributed by atoms with Gasteiger partial charge in [-0.15, -0.1) is 12.4 Å². The third-order valence-electron chi connectivity index (χ3n) is 3.81. The Morgan fingerprint density at radius 1 is 1.55 bits per heavy atom. The lowest BCUT2D eigenvalue weighted by molar-refractivity contribution is 0.199. The highest BCUT2D eigenvalue weighted by Crippen LogP contribution is 2.17. The van der Waals surface area contributed by atoms with E-state index in [2.05, 4.69) is 27.2 Å². The van der Waals surface area contributed by atoms with E-state index < -0.39 is 0 Å². The molecule has 1 saturated heterocycles. The molecule has 1 aliphatic heterocycles. The van der Waals surface area contributed by atoms with Crippen molar-refractivity contribution in [1.29, 1.82) is 0 Å². The summed E-state index contributed by atoms with van der Waals surface area (Å²) < 4.78 is 1.42. The van der Waals surface area contributed by atoms with Crippen LogP contribution in [0.3, 0.4) is 0 Å². The molecular formula is C14H22ClN5OS. The average molecular weight is 344 g/mol. The van der Waals surface area contributed by atoms with Gasteiger partial charge in [0.1, 0.15) is 5.01 Å². The molecule has 0 aromatic carbocycles. The lowest BCUT2D eigenvalue weighted by atomic mass is 10.2. The van der Waals surface area contributed by atoms with Crippen molar-refractivity contribution in [2.45, 2.75) is 39.3 Å². The highest BCUT2D eigenvalue weighted by Gasteiger charge is 2.23. The second-order valence-corrected chi connectivity index (χ2v) is 6.58. The fraction of sp³-hybridized carbons (Fsp3) is 0.643. The first-order valence-corrected chi connectivity index (χ1v) is 8.30. The predicted molar refractivity (Wildman–Crippen MR) is 91.1 cm³/mol. The number of hydrogen-bond donors (Lipinski definition) is 1. The Balaban J connectivity index is 0.00000176.